The number of anilines is 1. The van der Waals surface area contributed by atoms with Crippen molar-refractivity contribution in [1.82, 2.24) is 15.1 Å². The van der Waals surface area contributed by atoms with Gasteiger partial charge in [-0.3, -0.25) is 19.5 Å². The van der Waals surface area contributed by atoms with E-state index in [9.17, 15) is 18.4 Å². The SMILES string of the molecule is CC1=NC2(CC2)C(=O)N1C1c2n[nH]c(=O)c3cc(F)cc(c23)NC1c1ccc(F)cc1. The number of carbonyl (C=O) groups is 1. The van der Waals surface area contributed by atoms with Crippen molar-refractivity contribution in [3.63, 3.8) is 0 Å². The van der Waals surface area contributed by atoms with Gasteiger partial charge in [0.05, 0.1) is 17.1 Å². The highest BCUT2D eigenvalue weighted by molar-refractivity contribution is 6.10. The van der Waals surface area contributed by atoms with E-state index in [0.717, 1.165) is 6.07 Å². The molecule has 1 spiro atoms. The Balaban J connectivity index is 1.61. The van der Waals surface area contributed by atoms with Gasteiger partial charge < -0.3 is 5.32 Å². The largest absolute Gasteiger partial charge is 0.375 e. The Morgan fingerprint density at radius 1 is 1.10 bits per heavy atom. The van der Waals surface area contributed by atoms with E-state index < -0.39 is 29.0 Å². The summed E-state index contributed by atoms with van der Waals surface area (Å²) in [4.78, 5) is 31.9. The minimum atomic E-state index is -0.707. The molecule has 3 aromatic rings. The molecule has 0 saturated heterocycles. The first-order valence-electron chi connectivity index (χ1n) is 10.0. The molecular formula is C22H17F2N5O2. The van der Waals surface area contributed by atoms with Crippen molar-refractivity contribution in [3.05, 3.63) is 69.6 Å². The molecule has 9 heteroatoms. The summed E-state index contributed by atoms with van der Waals surface area (Å²) in [5.41, 5.74) is 0.314. The summed E-state index contributed by atoms with van der Waals surface area (Å²) in [7, 11) is 0. The summed E-state index contributed by atoms with van der Waals surface area (Å²) in [6.45, 7) is 1.77. The molecule has 3 aliphatic rings. The van der Waals surface area contributed by atoms with Gasteiger partial charge in [-0.25, -0.2) is 13.9 Å². The van der Waals surface area contributed by atoms with Gasteiger partial charge in [-0.15, -0.1) is 0 Å². The molecule has 156 valence electrons. The van der Waals surface area contributed by atoms with Crippen LogP contribution in [0, 0.1) is 11.6 Å². The molecule has 2 atom stereocenters. The first kappa shape index (κ1) is 18.2. The maximum absolute atomic E-state index is 14.3. The lowest BCUT2D eigenvalue weighted by Crippen LogP contribution is -2.44. The number of nitrogens with zero attached hydrogens (tertiary/aromatic N) is 3. The van der Waals surface area contributed by atoms with Gasteiger partial charge in [0.25, 0.3) is 11.5 Å². The Hall–Kier alpha value is -3.62. The maximum Gasteiger partial charge on any atom is 0.272 e. The standard InChI is InChI=1S/C22H17F2N5O2/c1-10-26-22(6-7-22)21(31)29(10)19-17(11-2-4-12(23)5-3-11)25-15-9-13(24)8-14-16(15)18(19)27-28-20(14)30/h2-5,8-9,17,19,25H,6-7H2,1H3,(H,28,30). The summed E-state index contributed by atoms with van der Waals surface area (Å²) in [6.07, 6.45) is 1.38. The van der Waals surface area contributed by atoms with E-state index in [1.54, 1.807) is 24.0 Å². The van der Waals surface area contributed by atoms with Crippen LogP contribution in [0.5, 0.6) is 0 Å². The molecule has 1 aliphatic carbocycles. The van der Waals surface area contributed by atoms with Crippen LogP contribution < -0.4 is 10.9 Å². The third-order valence-electron chi connectivity index (χ3n) is 6.36. The van der Waals surface area contributed by atoms with Crippen molar-refractivity contribution in [2.75, 3.05) is 5.32 Å². The predicted molar refractivity (Wildman–Crippen MR) is 110 cm³/mol. The number of nitrogens with one attached hydrogen (secondary N) is 2. The van der Waals surface area contributed by atoms with E-state index >= 15 is 0 Å². The Morgan fingerprint density at radius 2 is 1.84 bits per heavy atom. The van der Waals surface area contributed by atoms with Gasteiger partial charge in [0.15, 0.2) is 0 Å². The summed E-state index contributed by atoms with van der Waals surface area (Å²) in [6, 6.07) is 7.16. The molecule has 6 rings (SSSR count). The highest BCUT2D eigenvalue weighted by Crippen LogP contribution is 2.51. The smallest absolute Gasteiger partial charge is 0.272 e. The second-order valence-electron chi connectivity index (χ2n) is 8.30. The number of rotatable bonds is 2. The van der Waals surface area contributed by atoms with Crippen molar-refractivity contribution in [1.29, 1.82) is 0 Å². The van der Waals surface area contributed by atoms with Crippen molar-refractivity contribution in [2.24, 2.45) is 4.99 Å². The number of aromatic nitrogens is 2. The number of benzene rings is 2. The summed E-state index contributed by atoms with van der Waals surface area (Å²) >= 11 is 0. The second kappa shape index (κ2) is 5.96. The zero-order valence-corrected chi connectivity index (χ0v) is 16.4. The van der Waals surface area contributed by atoms with Crippen LogP contribution in [0.2, 0.25) is 0 Å². The van der Waals surface area contributed by atoms with Crippen LogP contribution in [-0.4, -0.2) is 32.4 Å². The zero-order chi connectivity index (χ0) is 21.5. The fraction of sp³-hybridized carbons (Fsp3) is 0.273. The molecule has 0 radical (unpaired) electrons. The van der Waals surface area contributed by atoms with Crippen molar-refractivity contribution < 1.29 is 13.6 Å². The molecule has 2 aromatic carbocycles. The topological polar surface area (TPSA) is 90.5 Å². The maximum atomic E-state index is 14.3. The summed E-state index contributed by atoms with van der Waals surface area (Å²) in [5.74, 6) is -0.510. The lowest BCUT2D eigenvalue weighted by Gasteiger charge is -2.39. The van der Waals surface area contributed by atoms with Gasteiger partial charge in [-0.1, -0.05) is 12.1 Å². The number of carbonyl (C=O) groups excluding carboxylic acids is 1. The molecular weight excluding hydrogens is 404 g/mol. The van der Waals surface area contributed by atoms with Crippen LogP contribution in [0.4, 0.5) is 14.5 Å². The van der Waals surface area contributed by atoms with Crippen LogP contribution in [0.15, 0.2) is 46.2 Å². The van der Waals surface area contributed by atoms with E-state index in [2.05, 4.69) is 20.5 Å². The molecule has 1 fully saturated rings. The number of aliphatic imine (C=N–C) groups is 1. The van der Waals surface area contributed by atoms with Gasteiger partial charge in [0, 0.05) is 11.1 Å². The van der Waals surface area contributed by atoms with Gasteiger partial charge in [0.2, 0.25) is 0 Å². The number of amides is 1. The van der Waals surface area contributed by atoms with Crippen molar-refractivity contribution in [2.45, 2.75) is 37.4 Å². The van der Waals surface area contributed by atoms with Crippen molar-refractivity contribution in [3.8, 4) is 0 Å². The molecule has 2 aliphatic heterocycles. The van der Waals surface area contributed by atoms with Crippen LogP contribution in [0.25, 0.3) is 10.8 Å². The number of H-pyrrole nitrogens is 1. The van der Waals surface area contributed by atoms with Crippen LogP contribution >= 0.6 is 0 Å². The van der Waals surface area contributed by atoms with Gasteiger partial charge in [0.1, 0.15) is 29.1 Å². The third-order valence-corrected chi connectivity index (χ3v) is 6.36. The average Bonchev–Trinajstić information content (AvgIpc) is 3.47. The fourth-order valence-corrected chi connectivity index (χ4v) is 4.78. The molecule has 2 N–H and O–H groups in total. The molecule has 7 nitrogen and oxygen atoms in total. The summed E-state index contributed by atoms with van der Waals surface area (Å²) < 4.78 is 27.9. The minimum absolute atomic E-state index is 0.115. The van der Waals surface area contributed by atoms with Gasteiger partial charge >= 0.3 is 0 Å². The Bertz CT molecular complexity index is 1360. The number of aromatic amines is 1. The average molecular weight is 421 g/mol. The van der Waals surface area contributed by atoms with E-state index in [4.69, 9.17) is 0 Å². The highest BCUT2D eigenvalue weighted by Gasteiger charge is 2.59. The Morgan fingerprint density at radius 3 is 2.52 bits per heavy atom. The monoisotopic (exact) mass is 421 g/mol. The van der Waals surface area contributed by atoms with Crippen molar-refractivity contribution >= 4 is 28.2 Å². The van der Waals surface area contributed by atoms with Gasteiger partial charge in [-0.2, -0.15) is 5.10 Å². The highest BCUT2D eigenvalue weighted by atomic mass is 19.1. The van der Waals surface area contributed by atoms with Gasteiger partial charge in [-0.05, 0) is 49.6 Å². The van der Waals surface area contributed by atoms with E-state index in [1.165, 1.54) is 18.2 Å². The zero-order valence-electron chi connectivity index (χ0n) is 16.4. The molecule has 1 amide bonds. The Labute approximate surface area is 174 Å². The fourth-order valence-electron chi connectivity index (χ4n) is 4.78. The molecule has 31 heavy (non-hydrogen) atoms. The van der Waals surface area contributed by atoms with Crippen LogP contribution in [0.1, 0.15) is 43.1 Å². The minimum Gasteiger partial charge on any atom is -0.375 e. The molecule has 2 unspecified atom stereocenters. The predicted octanol–water partition coefficient (Wildman–Crippen LogP) is 3.20. The summed E-state index contributed by atoms with van der Waals surface area (Å²) in [5, 5.41) is 10.6. The molecule has 1 aromatic heterocycles. The molecule has 1 saturated carbocycles. The lowest BCUT2D eigenvalue weighted by atomic mass is 9.88. The third kappa shape index (κ3) is 2.49. The number of halogens is 2. The normalized spacial score (nSPS) is 23.3. The number of hydrogen-bond acceptors (Lipinski definition) is 5. The number of hydrogen-bond donors (Lipinski definition) is 2. The first-order chi connectivity index (χ1) is 14.9. The molecule has 3 heterocycles. The van der Waals surface area contributed by atoms with E-state index in [1.807, 2.05) is 0 Å². The lowest BCUT2D eigenvalue weighted by molar-refractivity contribution is -0.130. The quantitative estimate of drug-likeness (QED) is 0.665. The first-order valence-corrected chi connectivity index (χ1v) is 10.0. The molecule has 0 bridgehead atoms. The van der Waals surface area contributed by atoms with Crippen LogP contribution in [0.3, 0.4) is 0 Å². The van der Waals surface area contributed by atoms with E-state index in [0.29, 0.717) is 41.0 Å². The Kier molecular flexibility index (Phi) is 3.50. The number of amidine groups is 1. The van der Waals surface area contributed by atoms with Crippen LogP contribution in [-0.2, 0) is 4.79 Å². The van der Waals surface area contributed by atoms with E-state index in [-0.39, 0.29) is 17.1 Å². The second-order valence-corrected chi connectivity index (χ2v) is 8.30.